The molecule has 1 aromatic carbocycles. The average molecular weight is 324 g/mol. The first kappa shape index (κ1) is 14.6. The average Bonchev–Trinajstić information content (AvgIpc) is 3.05. The Morgan fingerprint density at radius 3 is 2.88 bits per heavy atom. The van der Waals surface area contributed by atoms with E-state index in [-0.39, 0.29) is 5.91 Å². The van der Waals surface area contributed by atoms with Gasteiger partial charge in [0.25, 0.3) is 5.91 Å². The van der Waals surface area contributed by atoms with Gasteiger partial charge in [-0.1, -0.05) is 12.1 Å². The van der Waals surface area contributed by atoms with Crippen LogP contribution in [0.2, 0.25) is 0 Å². The topological polar surface area (TPSA) is 96.0 Å². The lowest BCUT2D eigenvalue weighted by Crippen LogP contribution is -2.37. The van der Waals surface area contributed by atoms with Crippen LogP contribution in [0.3, 0.4) is 0 Å². The zero-order valence-electron chi connectivity index (χ0n) is 12.9. The van der Waals surface area contributed by atoms with Gasteiger partial charge in [-0.05, 0) is 12.1 Å². The van der Waals surface area contributed by atoms with Crippen molar-refractivity contribution in [3.05, 3.63) is 42.4 Å². The van der Waals surface area contributed by atoms with Crippen molar-refractivity contribution in [3.63, 3.8) is 0 Å². The monoisotopic (exact) mass is 324 g/mol. The number of hydrogen-bond acceptors (Lipinski definition) is 6. The molecule has 0 saturated carbocycles. The Morgan fingerprint density at radius 1 is 1.21 bits per heavy atom. The molecule has 0 spiro atoms. The number of H-pyrrole nitrogens is 1. The number of morpholine rings is 1. The summed E-state index contributed by atoms with van der Waals surface area (Å²) in [7, 11) is 0. The van der Waals surface area contributed by atoms with Crippen molar-refractivity contribution >= 4 is 28.7 Å². The second kappa shape index (κ2) is 6.25. The van der Waals surface area contributed by atoms with Crippen LogP contribution < -0.4 is 10.2 Å². The molecule has 0 bridgehead atoms. The van der Waals surface area contributed by atoms with E-state index in [2.05, 4.69) is 30.2 Å². The van der Waals surface area contributed by atoms with Gasteiger partial charge in [0.2, 0.25) is 5.95 Å². The number of benzene rings is 1. The molecule has 24 heavy (non-hydrogen) atoms. The van der Waals surface area contributed by atoms with Crippen molar-refractivity contribution in [1.82, 2.24) is 19.9 Å². The van der Waals surface area contributed by atoms with Crippen LogP contribution in [-0.2, 0) is 4.74 Å². The lowest BCUT2D eigenvalue weighted by Gasteiger charge is -2.27. The van der Waals surface area contributed by atoms with E-state index in [1.54, 1.807) is 6.07 Å². The summed E-state index contributed by atoms with van der Waals surface area (Å²) in [5, 5.41) is 2.74. The summed E-state index contributed by atoms with van der Waals surface area (Å²) >= 11 is 0. The molecule has 2 aromatic heterocycles. The third-order valence-electron chi connectivity index (χ3n) is 3.84. The van der Waals surface area contributed by atoms with E-state index in [0.29, 0.717) is 24.9 Å². The summed E-state index contributed by atoms with van der Waals surface area (Å²) in [5.41, 5.74) is 1.96. The Bertz CT molecular complexity index is 839. The smallest absolute Gasteiger partial charge is 0.276 e. The molecular weight excluding hydrogens is 308 g/mol. The van der Waals surface area contributed by atoms with Crippen molar-refractivity contribution in [2.45, 2.75) is 0 Å². The number of rotatable bonds is 3. The van der Waals surface area contributed by atoms with Gasteiger partial charge in [-0.3, -0.25) is 10.1 Å². The van der Waals surface area contributed by atoms with Crippen LogP contribution >= 0.6 is 0 Å². The highest BCUT2D eigenvalue weighted by atomic mass is 16.5. The summed E-state index contributed by atoms with van der Waals surface area (Å²) < 4.78 is 5.33. The fraction of sp³-hybridized carbons (Fsp3) is 0.250. The highest BCUT2D eigenvalue weighted by molar-refractivity contribution is 6.02. The largest absolute Gasteiger partial charge is 0.378 e. The summed E-state index contributed by atoms with van der Waals surface area (Å²) in [6.45, 7) is 2.82. The zero-order valence-corrected chi connectivity index (χ0v) is 12.9. The molecule has 0 radical (unpaired) electrons. The lowest BCUT2D eigenvalue weighted by molar-refractivity contribution is 0.102. The van der Waals surface area contributed by atoms with Gasteiger partial charge >= 0.3 is 0 Å². The minimum Gasteiger partial charge on any atom is -0.378 e. The first-order valence-corrected chi connectivity index (χ1v) is 7.70. The molecule has 1 amide bonds. The quantitative estimate of drug-likeness (QED) is 0.757. The Morgan fingerprint density at radius 2 is 2.04 bits per heavy atom. The van der Waals surface area contributed by atoms with E-state index in [4.69, 9.17) is 4.74 Å². The van der Waals surface area contributed by atoms with E-state index < -0.39 is 0 Å². The number of ether oxygens (including phenoxy) is 1. The molecule has 1 saturated heterocycles. The van der Waals surface area contributed by atoms with Gasteiger partial charge in [-0.2, -0.15) is 0 Å². The van der Waals surface area contributed by atoms with Crippen LogP contribution in [0, 0.1) is 0 Å². The predicted octanol–water partition coefficient (Wildman–Crippen LogP) is 1.44. The fourth-order valence-corrected chi connectivity index (χ4v) is 2.62. The Balaban J connectivity index is 1.53. The van der Waals surface area contributed by atoms with E-state index in [1.165, 1.54) is 6.33 Å². The maximum atomic E-state index is 12.4. The molecule has 0 unspecified atom stereocenters. The zero-order chi connectivity index (χ0) is 16.4. The molecule has 4 rings (SSSR count). The molecule has 1 aliphatic heterocycles. The molecule has 1 aliphatic rings. The number of aromatic nitrogens is 4. The number of aromatic amines is 1. The van der Waals surface area contributed by atoms with Gasteiger partial charge in [0.05, 0.1) is 24.2 Å². The number of anilines is 2. The van der Waals surface area contributed by atoms with E-state index in [0.717, 1.165) is 29.9 Å². The predicted molar refractivity (Wildman–Crippen MR) is 89.1 cm³/mol. The summed E-state index contributed by atoms with van der Waals surface area (Å²) in [6, 6.07) is 9.27. The van der Waals surface area contributed by atoms with Crippen LogP contribution in [-0.4, -0.2) is 52.1 Å². The van der Waals surface area contributed by atoms with E-state index in [1.807, 2.05) is 24.3 Å². The van der Waals surface area contributed by atoms with Gasteiger partial charge in [0.1, 0.15) is 17.8 Å². The summed E-state index contributed by atoms with van der Waals surface area (Å²) in [4.78, 5) is 30.2. The highest BCUT2D eigenvalue weighted by Crippen LogP contribution is 2.16. The van der Waals surface area contributed by atoms with Gasteiger partial charge in [-0.15, -0.1) is 0 Å². The van der Waals surface area contributed by atoms with E-state index >= 15 is 0 Å². The second-order valence-electron chi connectivity index (χ2n) is 5.42. The standard InChI is InChI=1S/C16H16N6O2/c23-15(21-16-19-11-3-1-2-4-12(11)20-16)13-9-14(18-10-17-13)22-5-7-24-8-6-22/h1-4,9-10H,5-8H2,(H2,19,20,21,23). The molecule has 3 heterocycles. The molecule has 3 aromatic rings. The number of para-hydroxylation sites is 2. The van der Waals surface area contributed by atoms with Crippen molar-refractivity contribution in [2.75, 3.05) is 36.5 Å². The molecule has 1 fully saturated rings. The van der Waals surface area contributed by atoms with Crippen molar-refractivity contribution in [1.29, 1.82) is 0 Å². The van der Waals surface area contributed by atoms with Crippen molar-refractivity contribution in [2.24, 2.45) is 0 Å². The highest BCUT2D eigenvalue weighted by Gasteiger charge is 2.16. The van der Waals surface area contributed by atoms with Gasteiger partial charge in [-0.25, -0.2) is 15.0 Å². The number of fused-ring (bicyclic) bond motifs is 1. The minimum absolute atomic E-state index is 0.298. The molecular formula is C16H16N6O2. The maximum Gasteiger partial charge on any atom is 0.276 e. The normalized spacial score (nSPS) is 14.8. The van der Waals surface area contributed by atoms with Gasteiger partial charge < -0.3 is 14.6 Å². The van der Waals surface area contributed by atoms with Crippen LogP contribution in [0.4, 0.5) is 11.8 Å². The lowest BCUT2D eigenvalue weighted by atomic mass is 10.3. The van der Waals surface area contributed by atoms with E-state index in [9.17, 15) is 4.79 Å². The van der Waals surface area contributed by atoms with Crippen LogP contribution in [0.15, 0.2) is 36.7 Å². The van der Waals surface area contributed by atoms with Crippen molar-refractivity contribution in [3.8, 4) is 0 Å². The van der Waals surface area contributed by atoms with Crippen molar-refractivity contribution < 1.29 is 9.53 Å². The fourth-order valence-electron chi connectivity index (χ4n) is 2.62. The third-order valence-corrected chi connectivity index (χ3v) is 3.84. The van der Waals surface area contributed by atoms with Crippen LogP contribution in [0.5, 0.6) is 0 Å². The second-order valence-corrected chi connectivity index (χ2v) is 5.42. The number of nitrogens with one attached hydrogen (secondary N) is 2. The molecule has 8 nitrogen and oxygen atoms in total. The van der Waals surface area contributed by atoms with Gasteiger partial charge in [0, 0.05) is 19.2 Å². The van der Waals surface area contributed by atoms with Crippen LogP contribution in [0.1, 0.15) is 10.5 Å². The summed E-state index contributed by atoms with van der Waals surface area (Å²) in [6.07, 6.45) is 1.40. The minimum atomic E-state index is -0.328. The number of carbonyl (C=O) groups excluding carboxylic acids is 1. The summed E-state index contributed by atoms with van der Waals surface area (Å²) in [5.74, 6) is 0.793. The maximum absolute atomic E-state index is 12.4. The Kier molecular flexibility index (Phi) is 3.80. The number of hydrogen-bond donors (Lipinski definition) is 2. The molecule has 8 heteroatoms. The SMILES string of the molecule is O=C(Nc1nc2ccccc2[nH]1)c1cc(N2CCOCC2)ncn1. The third kappa shape index (κ3) is 2.91. The number of carbonyl (C=O) groups is 1. The first-order chi connectivity index (χ1) is 11.8. The number of nitrogens with zero attached hydrogens (tertiary/aromatic N) is 4. The first-order valence-electron chi connectivity index (χ1n) is 7.70. The molecule has 2 N–H and O–H groups in total. The molecule has 0 atom stereocenters. The van der Waals surface area contributed by atoms with Crippen LogP contribution in [0.25, 0.3) is 11.0 Å². The van der Waals surface area contributed by atoms with Gasteiger partial charge in [0.15, 0.2) is 0 Å². The molecule has 0 aliphatic carbocycles. The number of imidazole rings is 1. The Hall–Kier alpha value is -3.00. The molecule has 122 valence electrons. The number of amides is 1. The Labute approximate surface area is 137 Å².